The minimum absolute atomic E-state index is 0.0141. The molecule has 4 rings (SSSR count). The summed E-state index contributed by atoms with van der Waals surface area (Å²) in [7, 11) is 0. The summed E-state index contributed by atoms with van der Waals surface area (Å²) in [5.74, 6) is -0.439. The van der Waals surface area contributed by atoms with E-state index in [1.54, 1.807) is 6.20 Å². The molecule has 3 atom stereocenters. The van der Waals surface area contributed by atoms with Gasteiger partial charge in [0.1, 0.15) is 23.4 Å². The maximum Gasteiger partial charge on any atom is 0.410 e. The van der Waals surface area contributed by atoms with E-state index in [1.807, 2.05) is 30.3 Å². The van der Waals surface area contributed by atoms with E-state index in [0.29, 0.717) is 16.6 Å². The summed E-state index contributed by atoms with van der Waals surface area (Å²) >= 11 is 3.23. The Balaban J connectivity index is 1.33. The molecule has 0 bridgehead atoms. The Morgan fingerprint density at radius 2 is 2.20 bits per heavy atom. The lowest BCUT2D eigenvalue weighted by Gasteiger charge is -2.23. The van der Waals surface area contributed by atoms with Crippen LogP contribution in [-0.2, 0) is 21.0 Å². The Morgan fingerprint density at radius 3 is 3.00 bits per heavy atom. The monoisotopic (exact) mass is 478 g/mol. The van der Waals surface area contributed by atoms with Crippen molar-refractivity contribution in [1.29, 1.82) is 0 Å². The van der Waals surface area contributed by atoms with E-state index < -0.39 is 24.2 Å². The number of pyridine rings is 1. The van der Waals surface area contributed by atoms with Crippen LogP contribution in [-0.4, -0.2) is 57.9 Å². The van der Waals surface area contributed by atoms with Gasteiger partial charge in [-0.25, -0.2) is 9.18 Å². The number of hydrogen-bond acceptors (Lipinski definition) is 6. The highest BCUT2D eigenvalue weighted by Gasteiger charge is 2.41. The lowest BCUT2D eigenvalue weighted by molar-refractivity contribution is -0.125. The van der Waals surface area contributed by atoms with Crippen molar-refractivity contribution in [2.75, 3.05) is 13.1 Å². The van der Waals surface area contributed by atoms with E-state index in [0.717, 1.165) is 15.8 Å². The van der Waals surface area contributed by atoms with Crippen LogP contribution in [0, 0.1) is 0 Å². The van der Waals surface area contributed by atoms with Crippen molar-refractivity contribution >= 4 is 43.5 Å². The number of halogens is 2. The second-order valence-corrected chi connectivity index (χ2v) is 8.15. The number of ether oxygens (including phenoxy) is 1. The van der Waals surface area contributed by atoms with Crippen LogP contribution >= 0.6 is 15.9 Å². The number of amides is 2. The standard InChI is InChI=1S/C20H20BrFN4O4/c21-18-7-15(30-25-18)9-24-19(27)17-6-14(22)10-26(17)20(28)29-11-12-5-13-3-1-2-4-16(13)23-8-12/h1-5,8,14-15,17H,6-7,9-11H2,(H,24,27)/t14?,15-,17?/m0/s1. The average Bonchev–Trinajstić information content (AvgIpc) is 3.35. The molecular formula is C20H20BrFN4O4. The minimum Gasteiger partial charge on any atom is -0.444 e. The van der Waals surface area contributed by atoms with E-state index in [-0.39, 0.29) is 32.2 Å². The number of para-hydroxylation sites is 1. The zero-order valence-electron chi connectivity index (χ0n) is 16.0. The normalized spacial score (nSPS) is 23.2. The van der Waals surface area contributed by atoms with Gasteiger partial charge in [-0.2, -0.15) is 0 Å². The molecule has 10 heteroatoms. The quantitative estimate of drug-likeness (QED) is 0.712. The lowest BCUT2D eigenvalue weighted by atomic mass is 10.2. The van der Waals surface area contributed by atoms with Gasteiger partial charge in [-0.3, -0.25) is 14.7 Å². The molecule has 1 fully saturated rings. The zero-order chi connectivity index (χ0) is 21.1. The van der Waals surface area contributed by atoms with Gasteiger partial charge in [-0.05, 0) is 28.1 Å². The second kappa shape index (κ2) is 8.95. The number of aromatic nitrogens is 1. The first-order valence-corrected chi connectivity index (χ1v) is 10.4. The molecule has 0 spiro atoms. The van der Waals surface area contributed by atoms with Gasteiger partial charge >= 0.3 is 6.09 Å². The molecule has 0 aliphatic carbocycles. The molecule has 2 aliphatic rings. The SMILES string of the molecule is O=C(NC[C@@H]1CC(Br)=NO1)C1CC(F)CN1C(=O)OCc1cnc2ccccc2c1. The topological polar surface area (TPSA) is 93.1 Å². The zero-order valence-corrected chi connectivity index (χ0v) is 17.5. The van der Waals surface area contributed by atoms with Crippen molar-refractivity contribution < 1.29 is 23.6 Å². The summed E-state index contributed by atoms with van der Waals surface area (Å²) in [6.07, 6.45) is -0.190. The number of fused-ring (bicyclic) bond motifs is 1. The molecule has 30 heavy (non-hydrogen) atoms. The number of oxime groups is 1. The summed E-state index contributed by atoms with van der Waals surface area (Å²) < 4.78 is 20.0. The third kappa shape index (κ3) is 4.69. The second-order valence-electron chi connectivity index (χ2n) is 7.24. The number of rotatable bonds is 5. The van der Waals surface area contributed by atoms with Crippen molar-refractivity contribution in [3.63, 3.8) is 0 Å². The van der Waals surface area contributed by atoms with E-state index in [9.17, 15) is 14.0 Å². The van der Waals surface area contributed by atoms with Gasteiger partial charge in [0.15, 0.2) is 6.10 Å². The summed E-state index contributed by atoms with van der Waals surface area (Å²) in [6, 6.07) is 8.56. The highest BCUT2D eigenvalue weighted by Crippen LogP contribution is 2.23. The van der Waals surface area contributed by atoms with E-state index >= 15 is 0 Å². The van der Waals surface area contributed by atoms with E-state index in [4.69, 9.17) is 9.57 Å². The maximum atomic E-state index is 14.0. The van der Waals surface area contributed by atoms with Gasteiger partial charge in [-0.1, -0.05) is 23.4 Å². The number of likely N-dealkylation sites (tertiary alicyclic amines) is 1. The van der Waals surface area contributed by atoms with Crippen molar-refractivity contribution in [3.8, 4) is 0 Å². The summed E-state index contributed by atoms with van der Waals surface area (Å²) in [5, 5.41) is 7.38. The number of benzene rings is 1. The third-order valence-electron chi connectivity index (χ3n) is 5.00. The van der Waals surface area contributed by atoms with Crippen molar-refractivity contribution in [1.82, 2.24) is 15.2 Å². The molecule has 1 aromatic carbocycles. The third-order valence-corrected chi connectivity index (χ3v) is 5.47. The summed E-state index contributed by atoms with van der Waals surface area (Å²) in [5.41, 5.74) is 1.55. The van der Waals surface area contributed by atoms with Gasteiger partial charge in [-0.15, -0.1) is 0 Å². The van der Waals surface area contributed by atoms with Crippen molar-refractivity contribution in [2.45, 2.75) is 37.8 Å². The maximum absolute atomic E-state index is 14.0. The molecule has 2 aromatic rings. The van der Waals surface area contributed by atoms with Gasteiger partial charge in [0.05, 0.1) is 18.6 Å². The van der Waals surface area contributed by atoms with Crippen LogP contribution in [0.5, 0.6) is 0 Å². The minimum atomic E-state index is -1.28. The first-order chi connectivity index (χ1) is 14.5. The predicted octanol–water partition coefficient (Wildman–Crippen LogP) is 2.90. The molecule has 2 unspecified atom stereocenters. The first-order valence-electron chi connectivity index (χ1n) is 9.56. The predicted molar refractivity (Wildman–Crippen MR) is 111 cm³/mol. The van der Waals surface area contributed by atoms with E-state index in [2.05, 4.69) is 31.4 Å². The fraction of sp³-hybridized carbons (Fsp3) is 0.400. The molecule has 1 saturated heterocycles. The molecule has 3 heterocycles. The van der Waals surface area contributed by atoms with Crippen LogP contribution in [0.3, 0.4) is 0 Å². The molecule has 2 amide bonds. The number of alkyl halides is 1. The summed E-state index contributed by atoms with van der Waals surface area (Å²) in [6.45, 7) is 0.0255. The van der Waals surface area contributed by atoms with E-state index in [1.165, 1.54) is 0 Å². The first kappa shape index (κ1) is 20.5. The molecule has 1 N–H and O–H groups in total. The summed E-state index contributed by atoms with van der Waals surface area (Å²) in [4.78, 5) is 35.7. The molecule has 0 radical (unpaired) electrons. The Labute approximate surface area is 180 Å². The number of hydrogen-bond donors (Lipinski definition) is 1. The lowest BCUT2D eigenvalue weighted by Crippen LogP contribution is -2.47. The average molecular weight is 479 g/mol. The molecule has 158 valence electrons. The van der Waals surface area contributed by atoms with Gasteiger partial charge in [0.2, 0.25) is 5.91 Å². The van der Waals surface area contributed by atoms with Gasteiger partial charge < -0.3 is 14.9 Å². The van der Waals surface area contributed by atoms with Crippen LogP contribution in [0.25, 0.3) is 10.9 Å². The van der Waals surface area contributed by atoms with Crippen LogP contribution in [0.2, 0.25) is 0 Å². The molecule has 8 nitrogen and oxygen atoms in total. The number of carbonyl (C=O) groups is 2. The Morgan fingerprint density at radius 1 is 1.37 bits per heavy atom. The van der Waals surface area contributed by atoms with Crippen molar-refractivity contribution in [3.05, 3.63) is 42.1 Å². The van der Waals surface area contributed by atoms with Gasteiger partial charge in [0.25, 0.3) is 0 Å². The van der Waals surface area contributed by atoms with Crippen LogP contribution in [0.1, 0.15) is 18.4 Å². The highest BCUT2D eigenvalue weighted by molar-refractivity contribution is 9.18. The molecule has 0 saturated carbocycles. The fourth-order valence-corrected chi connectivity index (χ4v) is 3.94. The Bertz CT molecular complexity index is 988. The largest absolute Gasteiger partial charge is 0.444 e. The van der Waals surface area contributed by atoms with Crippen LogP contribution < -0.4 is 5.32 Å². The van der Waals surface area contributed by atoms with Crippen LogP contribution in [0.4, 0.5) is 9.18 Å². The Hall–Kier alpha value is -2.75. The highest BCUT2D eigenvalue weighted by atomic mass is 79.9. The number of nitrogens with one attached hydrogen (secondary N) is 1. The fourth-order valence-electron chi connectivity index (χ4n) is 3.49. The number of carbonyl (C=O) groups excluding carboxylic acids is 2. The smallest absolute Gasteiger partial charge is 0.410 e. The molecular weight excluding hydrogens is 459 g/mol. The van der Waals surface area contributed by atoms with Crippen LogP contribution in [0.15, 0.2) is 41.7 Å². The Kier molecular flexibility index (Phi) is 6.12. The van der Waals surface area contributed by atoms with Gasteiger partial charge in [0, 0.05) is 30.0 Å². The van der Waals surface area contributed by atoms with Crippen molar-refractivity contribution in [2.24, 2.45) is 5.16 Å². The molecule has 1 aromatic heterocycles. The molecule has 2 aliphatic heterocycles. The number of nitrogens with zero attached hydrogens (tertiary/aromatic N) is 3.